The van der Waals surface area contributed by atoms with Gasteiger partial charge in [-0.25, -0.2) is 0 Å². The lowest BCUT2D eigenvalue weighted by Gasteiger charge is -2.36. The molecule has 1 aromatic carbocycles. The summed E-state index contributed by atoms with van der Waals surface area (Å²) in [6.07, 6.45) is 6.18. The number of aryl methyl sites for hydroxylation is 2. The summed E-state index contributed by atoms with van der Waals surface area (Å²) in [6.45, 7) is 6.25. The van der Waals surface area contributed by atoms with E-state index in [-0.39, 0.29) is 18.1 Å². The molecule has 1 heterocycles. The van der Waals surface area contributed by atoms with Crippen LogP contribution in [0.25, 0.3) is 0 Å². The van der Waals surface area contributed by atoms with Gasteiger partial charge in [0.15, 0.2) is 0 Å². The van der Waals surface area contributed by atoms with Crippen LogP contribution in [0, 0.1) is 13.8 Å². The van der Waals surface area contributed by atoms with Crippen LogP contribution in [0.5, 0.6) is 0 Å². The number of carbonyl (C=O) groups is 1. The maximum absolute atomic E-state index is 12.6. The number of amides is 1. The molecule has 114 valence electrons. The molecule has 0 bridgehead atoms. The molecule has 2 aliphatic rings. The SMILES string of the molecule is Cc1ccc(C2NC(C)C(=O)N2C2CCCCC2)c(C)c1. The molecule has 0 aromatic heterocycles. The summed E-state index contributed by atoms with van der Waals surface area (Å²) >= 11 is 0. The van der Waals surface area contributed by atoms with Gasteiger partial charge in [-0.15, -0.1) is 0 Å². The maximum atomic E-state index is 12.6. The van der Waals surface area contributed by atoms with Gasteiger partial charge in [-0.2, -0.15) is 0 Å². The highest BCUT2D eigenvalue weighted by molar-refractivity contribution is 5.84. The Kier molecular flexibility index (Phi) is 4.03. The highest BCUT2D eigenvalue weighted by atomic mass is 16.2. The Morgan fingerprint density at radius 1 is 1.14 bits per heavy atom. The molecule has 0 spiro atoms. The van der Waals surface area contributed by atoms with E-state index < -0.39 is 0 Å². The molecule has 2 unspecified atom stereocenters. The summed E-state index contributed by atoms with van der Waals surface area (Å²) in [7, 11) is 0. The molecule has 1 amide bonds. The van der Waals surface area contributed by atoms with E-state index in [9.17, 15) is 4.79 Å². The molecule has 1 aliphatic carbocycles. The van der Waals surface area contributed by atoms with E-state index in [4.69, 9.17) is 0 Å². The average molecular weight is 286 g/mol. The smallest absolute Gasteiger partial charge is 0.241 e. The number of nitrogens with one attached hydrogen (secondary N) is 1. The molecule has 1 saturated carbocycles. The van der Waals surface area contributed by atoms with Gasteiger partial charge in [0, 0.05) is 6.04 Å². The molecule has 3 rings (SSSR count). The van der Waals surface area contributed by atoms with Crippen molar-refractivity contribution in [3.63, 3.8) is 0 Å². The van der Waals surface area contributed by atoms with E-state index in [0.29, 0.717) is 6.04 Å². The lowest BCUT2D eigenvalue weighted by Crippen LogP contribution is -2.41. The quantitative estimate of drug-likeness (QED) is 0.903. The zero-order valence-electron chi connectivity index (χ0n) is 13.4. The van der Waals surface area contributed by atoms with Gasteiger partial charge in [-0.1, -0.05) is 43.0 Å². The summed E-state index contributed by atoms with van der Waals surface area (Å²) < 4.78 is 0. The van der Waals surface area contributed by atoms with Gasteiger partial charge < -0.3 is 4.90 Å². The van der Waals surface area contributed by atoms with Crippen LogP contribution in [0.15, 0.2) is 18.2 Å². The zero-order chi connectivity index (χ0) is 15.0. The first-order valence-electron chi connectivity index (χ1n) is 8.23. The van der Waals surface area contributed by atoms with Crippen molar-refractivity contribution in [3.05, 3.63) is 34.9 Å². The van der Waals surface area contributed by atoms with Gasteiger partial charge in [0.05, 0.1) is 6.04 Å². The standard InChI is InChI=1S/C18H26N2O/c1-12-9-10-16(13(2)11-12)17-19-14(3)18(21)20(17)15-7-5-4-6-8-15/h9-11,14-15,17,19H,4-8H2,1-3H3. The molecular formula is C18H26N2O. The van der Waals surface area contributed by atoms with Gasteiger partial charge in [-0.3, -0.25) is 10.1 Å². The molecule has 1 saturated heterocycles. The third-order valence-electron chi connectivity index (χ3n) is 5.00. The van der Waals surface area contributed by atoms with Crippen LogP contribution in [-0.4, -0.2) is 22.9 Å². The molecule has 21 heavy (non-hydrogen) atoms. The summed E-state index contributed by atoms with van der Waals surface area (Å²) in [5, 5.41) is 3.50. The Labute approximate surface area is 127 Å². The highest BCUT2D eigenvalue weighted by Gasteiger charge is 2.41. The summed E-state index contributed by atoms with van der Waals surface area (Å²) in [4.78, 5) is 14.8. The van der Waals surface area contributed by atoms with Crippen molar-refractivity contribution < 1.29 is 4.79 Å². The van der Waals surface area contributed by atoms with E-state index in [2.05, 4.69) is 42.3 Å². The summed E-state index contributed by atoms with van der Waals surface area (Å²) in [6, 6.07) is 6.89. The first-order valence-corrected chi connectivity index (χ1v) is 8.23. The van der Waals surface area contributed by atoms with Gasteiger partial charge in [-0.05, 0) is 44.7 Å². The van der Waals surface area contributed by atoms with Crippen LogP contribution in [0.2, 0.25) is 0 Å². The lowest BCUT2D eigenvalue weighted by atomic mass is 9.93. The van der Waals surface area contributed by atoms with Gasteiger partial charge in [0.2, 0.25) is 5.91 Å². The topological polar surface area (TPSA) is 32.3 Å². The van der Waals surface area contributed by atoms with E-state index in [1.54, 1.807) is 0 Å². The minimum Gasteiger partial charge on any atom is -0.319 e. The molecule has 2 atom stereocenters. The predicted molar refractivity (Wildman–Crippen MR) is 85.0 cm³/mol. The van der Waals surface area contributed by atoms with Crippen molar-refractivity contribution in [3.8, 4) is 0 Å². The van der Waals surface area contributed by atoms with Crippen molar-refractivity contribution >= 4 is 5.91 Å². The minimum atomic E-state index is -0.0716. The van der Waals surface area contributed by atoms with Crippen molar-refractivity contribution in [1.82, 2.24) is 10.2 Å². The Hall–Kier alpha value is -1.35. The Balaban J connectivity index is 1.92. The van der Waals surface area contributed by atoms with Crippen molar-refractivity contribution in [2.75, 3.05) is 0 Å². The molecule has 1 aliphatic heterocycles. The third kappa shape index (κ3) is 2.71. The van der Waals surface area contributed by atoms with Gasteiger partial charge in [0.1, 0.15) is 6.17 Å². The fraction of sp³-hybridized carbons (Fsp3) is 0.611. The first-order chi connectivity index (χ1) is 10.1. The van der Waals surface area contributed by atoms with E-state index >= 15 is 0 Å². The summed E-state index contributed by atoms with van der Waals surface area (Å²) in [5.74, 6) is 0.270. The average Bonchev–Trinajstić information content (AvgIpc) is 2.75. The molecule has 0 radical (unpaired) electrons. The Morgan fingerprint density at radius 2 is 1.86 bits per heavy atom. The summed E-state index contributed by atoms with van der Waals surface area (Å²) in [5.41, 5.74) is 3.80. The molecule has 1 aromatic rings. The van der Waals surface area contributed by atoms with Crippen molar-refractivity contribution in [2.45, 2.75) is 71.1 Å². The molecule has 3 nitrogen and oxygen atoms in total. The maximum Gasteiger partial charge on any atom is 0.241 e. The fourth-order valence-electron chi connectivity index (χ4n) is 3.86. The van der Waals surface area contributed by atoms with E-state index in [1.165, 1.54) is 36.0 Å². The second-order valence-corrected chi connectivity index (χ2v) is 6.69. The molecule has 2 fully saturated rings. The minimum absolute atomic E-state index is 0.0520. The van der Waals surface area contributed by atoms with Crippen LogP contribution < -0.4 is 5.32 Å². The van der Waals surface area contributed by atoms with Crippen molar-refractivity contribution in [2.24, 2.45) is 0 Å². The largest absolute Gasteiger partial charge is 0.319 e. The predicted octanol–water partition coefficient (Wildman–Crippen LogP) is 3.46. The second kappa shape index (κ2) is 5.80. The fourth-order valence-corrected chi connectivity index (χ4v) is 3.86. The monoisotopic (exact) mass is 286 g/mol. The van der Waals surface area contributed by atoms with Crippen LogP contribution >= 0.6 is 0 Å². The van der Waals surface area contributed by atoms with Crippen LogP contribution in [-0.2, 0) is 4.79 Å². The van der Waals surface area contributed by atoms with E-state index in [0.717, 1.165) is 12.8 Å². The molecule has 1 N–H and O–H groups in total. The number of rotatable bonds is 2. The van der Waals surface area contributed by atoms with Gasteiger partial charge in [0.25, 0.3) is 0 Å². The third-order valence-corrected chi connectivity index (χ3v) is 5.00. The van der Waals surface area contributed by atoms with Crippen LogP contribution in [0.4, 0.5) is 0 Å². The number of carbonyl (C=O) groups excluding carboxylic acids is 1. The number of benzene rings is 1. The van der Waals surface area contributed by atoms with Crippen molar-refractivity contribution in [1.29, 1.82) is 0 Å². The molecule has 3 heteroatoms. The lowest BCUT2D eigenvalue weighted by molar-refractivity contribution is -0.132. The van der Waals surface area contributed by atoms with E-state index in [1.807, 2.05) is 6.92 Å². The normalized spacial score (nSPS) is 27.4. The highest BCUT2D eigenvalue weighted by Crippen LogP contribution is 2.34. The van der Waals surface area contributed by atoms with Gasteiger partial charge >= 0.3 is 0 Å². The van der Waals surface area contributed by atoms with Crippen LogP contribution in [0.3, 0.4) is 0 Å². The zero-order valence-corrected chi connectivity index (χ0v) is 13.4. The molecular weight excluding hydrogens is 260 g/mol. The number of nitrogens with zero attached hydrogens (tertiary/aromatic N) is 1. The number of hydrogen-bond donors (Lipinski definition) is 1. The van der Waals surface area contributed by atoms with Crippen LogP contribution in [0.1, 0.15) is 61.9 Å². The Bertz CT molecular complexity index is 534. The first kappa shape index (κ1) is 14.6. The number of hydrogen-bond acceptors (Lipinski definition) is 2. The second-order valence-electron chi connectivity index (χ2n) is 6.69. The Morgan fingerprint density at radius 3 is 2.52 bits per heavy atom.